The normalized spacial score (nSPS) is 33.3. The quantitative estimate of drug-likeness (QED) is 0.524. The predicted octanol–water partition coefficient (Wildman–Crippen LogP) is 0.391. The maximum absolute atomic E-state index is 6.10. The Kier molecular flexibility index (Phi) is 3.38. The molecule has 1 aromatic carbocycles. The Morgan fingerprint density at radius 3 is 2.58 bits per heavy atom. The van der Waals surface area contributed by atoms with Gasteiger partial charge in [0.05, 0.1) is 32.6 Å². The highest BCUT2D eigenvalue weighted by Crippen LogP contribution is 2.43. The Bertz CT molecular complexity index is 550. The summed E-state index contributed by atoms with van der Waals surface area (Å²) in [5, 5.41) is 1.26. The molecule has 0 aliphatic carbocycles. The monoisotopic (exact) mass is 369 g/mol. The first-order valence-electron chi connectivity index (χ1n) is 7.06. The Hall–Kier alpha value is -0.550. The van der Waals surface area contributed by atoms with Crippen LogP contribution in [0.5, 0.6) is 0 Å². The average molecular weight is 369 g/mol. The zero-order valence-electron chi connectivity index (χ0n) is 11.3. The van der Waals surface area contributed by atoms with Crippen molar-refractivity contribution in [3.8, 4) is 0 Å². The van der Waals surface area contributed by atoms with Crippen molar-refractivity contribution in [1.29, 1.82) is 0 Å². The first-order valence-corrected chi connectivity index (χ1v) is 7.06. The largest absolute Gasteiger partial charge is 1.00 e. The fourth-order valence-corrected chi connectivity index (χ4v) is 3.93. The Labute approximate surface area is 131 Å². The minimum atomic E-state index is 0. The lowest BCUT2D eigenvalue weighted by Crippen LogP contribution is -3.00. The topological polar surface area (TPSA) is 13.1 Å². The molecule has 2 bridgehead atoms. The summed E-state index contributed by atoms with van der Waals surface area (Å²) in [6.45, 7) is 3.99. The van der Waals surface area contributed by atoms with E-state index in [0.717, 1.165) is 11.5 Å². The molecule has 2 aromatic rings. The summed E-state index contributed by atoms with van der Waals surface area (Å²) in [6, 6.07) is 10.6. The van der Waals surface area contributed by atoms with Crippen LogP contribution < -0.4 is 24.0 Å². The molecule has 0 N–H and O–H groups in total. The average Bonchev–Trinajstić information content (AvgIpc) is 2.82. The van der Waals surface area contributed by atoms with Crippen LogP contribution in [0.15, 0.2) is 34.7 Å². The van der Waals surface area contributed by atoms with Gasteiger partial charge < -0.3 is 32.9 Å². The van der Waals surface area contributed by atoms with Crippen LogP contribution in [0.1, 0.15) is 24.5 Å². The van der Waals surface area contributed by atoms with Gasteiger partial charge in [0, 0.05) is 18.2 Å². The van der Waals surface area contributed by atoms with Crippen molar-refractivity contribution in [2.45, 2.75) is 18.8 Å². The molecule has 3 aliphatic rings. The smallest absolute Gasteiger partial charge is 0.134 e. The zero-order chi connectivity index (χ0) is 12.2. The molecule has 19 heavy (non-hydrogen) atoms. The van der Waals surface area contributed by atoms with Crippen LogP contribution in [-0.2, 0) is 0 Å². The third-order valence-corrected chi connectivity index (χ3v) is 5.10. The number of furan rings is 1. The number of hydrogen-bond donors (Lipinski definition) is 0. The van der Waals surface area contributed by atoms with Crippen molar-refractivity contribution < 1.29 is 32.9 Å². The molecule has 4 heterocycles. The van der Waals surface area contributed by atoms with Crippen molar-refractivity contribution in [3.05, 3.63) is 36.1 Å². The first-order chi connectivity index (χ1) is 8.73. The van der Waals surface area contributed by atoms with Crippen molar-refractivity contribution in [2.75, 3.05) is 26.7 Å². The Morgan fingerprint density at radius 2 is 1.89 bits per heavy atom. The highest BCUT2D eigenvalue weighted by molar-refractivity contribution is 5.77. The number of rotatable bonds is 1. The van der Waals surface area contributed by atoms with Crippen molar-refractivity contribution in [2.24, 2.45) is 5.92 Å². The zero-order valence-corrected chi connectivity index (χ0v) is 13.5. The van der Waals surface area contributed by atoms with E-state index in [-0.39, 0.29) is 24.0 Å². The molecule has 1 atom stereocenters. The number of quaternary nitrogens is 1. The lowest BCUT2D eigenvalue weighted by atomic mass is 9.76. The molecule has 5 rings (SSSR count). The fraction of sp³-hybridized carbons (Fsp3) is 0.500. The first kappa shape index (κ1) is 13.4. The van der Waals surface area contributed by atoms with Gasteiger partial charge in [-0.3, -0.25) is 0 Å². The summed E-state index contributed by atoms with van der Waals surface area (Å²) >= 11 is 0. The standard InChI is InChI=1S/C16H20NO.HI/c1-17-8-6-12(7-9-17)14(11-17)16-10-13-4-2-3-5-15(13)18-16;/h2-5,10,12,14H,6-9,11H2,1H3;1H/q+1;/p-1. The summed E-state index contributed by atoms with van der Waals surface area (Å²) in [4.78, 5) is 0. The van der Waals surface area contributed by atoms with E-state index >= 15 is 0 Å². The van der Waals surface area contributed by atoms with Crippen LogP contribution in [-0.4, -0.2) is 31.2 Å². The summed E-state index contributed by atoms with van der Waals surface area (Å²) in [7, 11) is 2.41. The predicted molar refractivity (Wildman–Crippen MR) is 72.5 cm³/mol. The van der Waals surface area contributed by atoms with E-state index < -0.39 is 0 Å². The summed E-state index contributed by atoms with van der Waals surface area (Å²) in [6.07, 6.45) is 2.75. The number of likely N-dealkylation sites (N-methyl/N-ethyl adjacent to an activating group) is 1. The van der Waals surface area contributed by atoms with Gasteiger partial charge in [-0.1, -0.05) is 18.2 Å². The van der Waals surface area contributed by atoms with Gasteiger partial charge in [0.2, 0.25) is 0 Å². The minimum absolute atomic E-state index is 0. The van der Waals surface area contributed by atoms with Crippen LogP contribution in [0.4, 0.5) is 0 Å². The Morgan fingerprint density at radius 1 is 1.16 bits per heavy atom. The lowest BCUT2D eigenvalue weighted by Gasteiger charge is -2.50. The van der Waals surface area contributed by atoms with Crippen molar-refractivity contribution in [1.82, 2.24) is 0 Å². The molecule has 3 fully saturated rings. The fourth-order valence-electron chi connectivity index (χ4n) is 3.93. The van der Waals surface area contributed by atoms with Gasteiger partial charge in [-0.15, -0.1) is 0 Å². The summed E-state index contributed by atoms with van der Waals surface area (Å²) < 4.78 is 7.34. The van der Waals surface area contributed by atoms with Gasteiger partial charge in [0.25, 0.3) is 0 Å². The third-order valence-electron chi connectivity index (χ3n) is 5.10. The van der Waals surface area contributed by atoms with Gasteiger partial charge in [-0.05, 0) is 18.1 Å². The SMILES string of the molecule is C[N+]12CCC(CC1)C(c1cc3ccccc3o1)C2.[I-]. The van der Waals surface area contributed by atoms with E-state index in [1.165, 1.54) is 48.1 Å². The molecule has 1 aromatic heterocycles. The van der Waals surface area contributed by atoms with Gasteiger partial charge >= 0.3 is 0 Å². The summed E-state index contributed by atoms with van der Waals surface area (Å²) in [5.74, 6) is 2.72. The van der Waals surface area contributed by atoms with E-state index in [9.17, 15) is 0 Å². The number of hydrogen-bond acceptors (Lipinski definition) is 1. The molecule has 3 aliphatic heterocycles. The highest BCUT2D eigenvalue weighted by Gasteiger charge is 2.45. The van der Waals surface area contributed by atoms with E-state index in [4.69, 9.17) is 4.42 Å². The number of piperidine rings is 3. The third kappa shape index (κ3) is 2.21. The molecule has 0 saturated carbocycles. The Balaban J connectivity index is 0.00000110. The maximum Gasteiger partial charge on any atom is 0.134 e. The second-order valence-corrected chi connectivity index (χ2v) is 6.38. The van der Waals surface area contributed by atoms with Gasteiger partial charge in [0.15, 0.2) is 0 Å². The highest BCUT2D eigenvalue weighted by atomic mass is 127. The second-order valence-electron chi connectivity index (χ2n) is 6.38. The number of fused-ring (bicyclic) bond motifs is 4. The van der Waals surface area contributed by atoms with Gasteiger partial charge in [-0.25, -0.2) is 0 Å². The molecular weight excluding hydrogens is 349 g/mol. The molecular formula is C16H20INO. The van der Waals surface area contributed by atoms with E-state index in [1.807, 2.05) is 0 Å². The lowest BCUT2D eigenvalue weighted by molar-refractivity contribution is -0.926. The van der Waals surface area contributed by atoms with Crippen LogP contribution in [0.2, 0.25) is 0 Å². The molecule has 3 saturated heterocycles. The van der Waals surface area contributed by atoms with Crippen LogP contribution >= 0.6 is 0 Å². The van der Waals surface area contributed by atoms with Gasteiger partial charge in [0.1, 0.15) is 11.3 Å². The van der Waals surface area contributed by atoms with Gasteiger partial charge in [-0.2, -0.15) is 0 Å². The number of para-hydroxylation sites is 1. The van der Waals surface area contributed by atoms with Crippen molar-refractivity contribution in [3.63, 3.8) is 0 Å². The number of benzene rings is 1. The molecule has 0 spiro atoms. The molecule has 1 unspecified atom stereocenters. The summed E-state index contributed by atoms with van der Waals surface area (Å²) in [5.41, 5.74) is 1.05. The second kappa shape index (κ2) is 4.77. The van der Waals surface area contributed by atoms with Crippen LogP contribution in [0.25, 0.3) is 11.0 Å². The molecule has 0 radical (unpaired) electrons. The van der Waals surface area contributed by atoms with Crippen LogP contribution in [0.3, 0.4) is 0 Å². The minimum Gasteiger partial charge on any atom is -1.00 e. The van der Waals surface area contributed by atoms with E-state index in [2.05, 4.69) is 37.4 Å². The number of halogens is 1. The maximum atomic E-state index is 6.10. The molecule has 3 heteroatoms. The van der Waals surface area contributed by atoms with E-state index in [0.29, 0.717) is 5.92 Å². The molecule has 102 valence electrons. The van der Waals surface area contributed by atoms with Crippen molar-refractivity contribution >= 4 is 11.0 Å². The van der Waals surface area contributed by atoms with Crippen LogP contribution in [0, 0.1) is 5.92 Å². The molecule has 0 amide bonds. The molecule has 2 nitrogen and oxygen atoms in total. The van der Waals surface area contributed by atoms with E-state index in [1.54, 1.807) is 0 Å². The number of nitrogens with zero attached hydrogens (tertiary/aromatic N) is 1.